The fourth-order valence-corrected chi connectivity index (χ4v) is 2.07. The van der Waals surface area contributed by atoms with Crippen LogP contribution in [0.25, 0.3) is 0 Å². The van der Waals surface area contributed by atoms with Crippen LogP contribution in [0.3, 0.4) is 0 Å². The van der Waals surface area contributed by atoms with E-state index in [9.17, 15) is 4.79 Å². The highest BCUT2D eigenvalue weighted by molar-refractivity contribution is 5.91. The fraction of sp³-hybridized carbons (Fsp3) is 0.353. The van der Waals surface area contributed by atoms with E-state index in [2.05, 4.69) is 25.7 Å². The van der Waals surface area contributed by atoms with Crippen molar-refractivity contribution in [1.82, 2.24) is 15.1 Å². The van der Waals surface area contributed by atoms with Gasteiger partial charge in [0.25, 0.3) is 0 Å². The highest BCUT2D eigenvalue weighted by Gasteiger charge is 2.05. The molecule has 1 heterocycles. The van der Waals surface area contributed by atoms with Gasteiger partial charge in [0.2, 0.25) is 5.91 Å². The zero-order valence-corrected chi connectivity index (χ0v) is 13.6. The standard InChI is InChI=1S/C17H23N5O/c1-22(2)12-6-11-18-15-9-10-16(21-20-15)19-17(23)13-14-7-4-3-5-8-14/h3-5,7-10H,6,11-13H2,1-2H3,(H,18,20)(H,19,21,23). The third kappa shape index (κ3) is 6.44. The van der Waals surface area contributed by atoms with Gasteiger partial charge in [0.05, 0.1) is 6.42 Å². The van der Waals surface area contributed by atoms with Crippen LogP contribution in [0.2, 0.25) is 0 Å². The number of hydrogen-bond acceptors (Lipinski definition) is 5. The van der Waals surface area contributed by atoms with Crippen LogP contribution >= 0.6 is 0 Å². The van der Waals surface area contributed by atoms with E-state index >= 15 is 0 Å². The third-order valence-electron chi connectivity index (χ3n) is 3.23. The van der Waals surface area contributed by atoms with Crippen molar-refractivity contribution in [2.75, 3.05) is 37.8 Å². The monoisotopic (exact) mass is 313 g/mol. The van der Waals surface area contributed by atoms with Gasteiger partial charge >= 0.3 is 0 Å². The van der Waals surface area contributed by atoms with Crippen molar-refractivity contribution in [3.05, 3.63) is 48.0 Å². The Morgan fingerprint density at radius 3 is 2.39 bits per heavy atom. The van der Waals surface area contributed by atoms with Gasteiger partial charge in [-0.05, 0) is 44.8 Å². The number of rotatable bonds is 8. The van der Waals surface area contributed by atoms with Crippen LogP contribution in [0.4, 0.5) is 11.6 Å². The number of hydrogen-bond donors (Lipinski definition) is 2. The van der Waals surface area contributed by atoms with Gasteiger partial charge in [-0.2, -0.15) is 0 Å². The largest absolute Gasteiger partial charge is 0.369 e. The Hall–Kier alpha value is -2.47. The minimum atomic E-state index is -0.0998. The summed E-state index contributed by atoms with van der Waals surface area (Å²) in [5.74, 6) is 1.08. The Kier molecular flexibility index (Phi) is 6.50. The van der Waals surface area contributed by atoms with E-state index in [0.29, 0.717) is 18.1 Å². The molecule has 0 fully saturated rings. The molecule has 23 heavy (non-hydrogen) atoms. The first kappa shape index (κ1) is 16.9. The van der Waals surface area contributed by atoms with Crippen LogP contribution in [0.15, 0.2) is 42.5 Å². The van der Waals surface area contributed by atoms with Gasteiger partial charge in [-0.25, -0.2) is 0 Å². The smallest absolute Gasteiger partial charge is 0.229 e. The predicted octanol–water partition coefficient (Wildman–Crippen LogP) is 2.02. The molecule has 0 saturated carbocycles. The van der Waals surface area contributed by atoms with Gasteiger partial charge in [-0.15, -0.1) is 10.2 Å². The van der Waals surface area contributed by atoms with E-state index in [-0.39, 0.29) is 5.91 Å². The molecular formula is C17H23N5O. The number of nitrogens with zero attached hydrogens (tertiary/aromatic N) is 3. The number of carbonyl (C=O) groups is 1. The van der Waals surface area contributed by atoms with Gasteiger partial charge in [-0.1, -0.05) is 30.3 Å². The summed E-state index contributed by atoms with van der Waals surface area (Å²) in [5.41, 5.74) is 0.970. The van der Waals surface area contributed by atoms with Crippen LogP contribution < -0.4 is 10.6 Å². The van der Waals surface area contributed by atoms with Crippen molar-refractivity contribution in [3.8, 4) is 0 Å². The van der Waals surface area contributed by atoms with Gasteiger partial charge in [0.1, 0.15) is 5.82 Å². The van der Waals surface area contributed by atoms with Crippen molar-refractivity contribution < 1.29 is 4.79 Å². The molecule has 2 aromatic rings. The number of anilines is 2. The first-order valence-electron chi connectivity index (χ1n) is 7.69. The maximum atomic E-state index is 11.9. The molecule has 1 aromatic carbocycles. The lowest BCUT2D eigenvalue weighted by Crippen LogP contribution is -2.17. The maximum Gasteiger partial charge on any atom is 0.229 e. The second-order valence-electron chi connectivity index (χ2n) is 5.60. The molecule has 1 amide bonds. The number of aromatic nitrogens is 2. The highest BCUT2D eigenvalue weighted by atomic mass is 16.1. The van der Waals surface area contributed by atoms with E-state index in [1.54, 1.807) is 6.07 Å². The third-order valence-corrected chi connectivity index (χ3v) is 3.23. The van der Waals surface area contributed by atoms with E-state index in [1.165, 1.54) is 0 Å². The molecule has 1 aromatic heterocycles. The topological polar surface area (TPSA) is 70.2 Å². The summed E-state index contributed by atoms with van der Waals surface area (Å²) in [4.78, 5) is 14.1. The first-order chi connectivity index (χ1) is 11.1. The molecule has 0 radical (unpaired) electrons. The normalized spacial score (nSPS) is 10.6. The Morgan fingerprint density at radius 2 is 1.74 bits per heavy atom. The first-order valence-corrected chi connectivity index (χ1v) is 7.69. The van der Waals surface area contributed by atoms with Crippen LogP contribution in [-0.2, 0) is 11.2 Å². The van der Waals surface area contributed by atoms with E-state index in [4.69, 9.17) is 0 Å². The second-order valence-corrected chi connectivity index (χ2v) is 5.60. The minimum absolute atomic E-state index is 0.0998. The second kappa shape index (κ2) is 8.85. The molecule has 6 nitrogen and oxygen atoms in total. The molecule has 6 heteroatoms. The summed E-state index contributed by atoms with van der Waals surface area (Å²) < 4.78 is 0. The molecule has 0 aliphatic rings. The lowest BCUT2D eigenvalue weighted by molar-refractivity contribution is -0.115. The molecule has 0 bridgehead atoms. The summed E-state index contributed by atoms with van der Waals surface area (Å²) in [7, 11) is 4.10. The SMILES string of the molecule is CN(C)CCCNc1ccc(NC(=O)Cc2ccccc2)nn1. The predicted molar refractivity (Wildman–Crippen MR) is 92.5 cm³/mol. The highest BCUT2D eigenvalue weighted by Crippen LogP contribution is 2.07. The summed E-state index contributed by atoms with van der Waals surface area (Å²) >= 11 is 0. The van der Waals surface area contributed by atoms with Crippen LogP contribution in [-0.4, -0.2) is 48.2 Å². The minimum Gasteiger partial charge on any atom is -0.369 e. The number of amides is 1. The lowest BCUT2D eigenvalue weighted by atomic mass is 10.1. The number of benzene rings is 1. The van der Waals surface area contributed by atoms with E-state index in [0.717, 1.165) is 25.1 Å². The fourth-order valence-electron chi connectivity index (χ4n) is 2.07. The van der Waals surface area contributed by atoms with Gasteiger partial charge in [-0.3, -0.25) is 4.79 Å². The zero-order chi connectivity index (χ0) is 16.5. The Morgan fingerprint density at radius 1 is 1.04 bits per heavy atom. The van der Waals surface area contributed by atoms with Crippen molar-refractivity contribution in [2.24, 2.45) is 0 Å². The van der Waals surface area contributed by atoms with Crippen LogP contribution in [0.5, 0.6) is 0 Å². The number of nitrogens with one attached hydrogen (secondary N) is 2. The molecule has 0 saturated heterocycles. The Balaban J connectivity index is 1.77. The Labute approximate surface area is 136 Å². The molecule has 0 spiro atoms. The number of carbonyl (C=O) groups excluding carboxylic acids is 1. The van der Waals surface area contributed by atoms with Crippen LogP contribution in [0, 0.1) is 0 Å². The van der Waals surface area contributed by atoms with Gasteiger partial charge < -0.3 is 15.5 Å². The average molecular weight is 313 g/mol. The quantitative estimate of drug-likeness (QED) is 0.730. The molecule has 0 aliphatic heterocycles. The van der Waals surface area contributed by atoms with Gasteiger partial charge in [0.15, 0.2) is 5.82 Å². The molecule has 2 rings (SSSR count). The van der Waals surface area contributed by atoms with Crippen molar-refractivity contribution in [1.29, 1.82) is 0 Å². The summed E-state index contributed by atoms with van der Waals surface area (Å²) in [6.07, 6.45) is 1.36. The summed E-state index contributed by atoms with van der Waals surface area (Å²) in [5, 5.41) is 14.0. The van der Waals surface area contributed by atoms with Crippen LogP contribution in [0.1, 0.15) is 12.0 Å². The summed E-state index contributed by atoms with van der Waals surface area (Å²) in [6, 6.07) is 13.2. The molecule has 0 aliphatic carbocycles. The van der Waals surface area contributed by atoms with E-state index in [1.807, 2.05) is 50.5 Å². The molecule has 122 valence electrons. The van der Waals surface area contributed by atoms with E-state index < -0.39 is 0 Å². The van der Waals surface area contributed by atoms with Crippen molar-refractivity contribution >= 4 is 17.5 Å². The van der Waals surface area contributed by atoms with Gasteiger partial charge in [0, 0.05) is 6.54 Å². The Bertz CT molecular complexity index is 598. The molecular weight excluding hydrogens is 290 g/mol. The van der Waals surface area contributed by atoms with Crippen molar-refractivity contribution in [2.45, 2.75) is 12.8 Å². The molecule has 0 atom stereocenters. The molecule has 2 N–H and O–H groups in total. The zero-order valence-electron chi connectivity index (χ0n) is 13.6. The molecule has 0 unspecified atom stereocenters. The lowest BCUT2D eigenvalue weighted by Gasteiger charge is -2.10. The average Bonchev–Trinajstić information content (AvgIpc) is 2.54. The maximum absolute atomic E-state index is 11.9. The van der Waals surface area contributed by atoms with Crippen molar-refractivity contribution in [3.63, 3.8) is 0 Å². The summed E-state index contributed by atoms with van der Waals surface area (Å²) in [6.45, 7) is 1.86.